The van der Waals surface area contributed by atoms with Crippen LogP contribution in [0, 0.1) is 16.7 Å². The summed E-state index contributed by atoms with van der Waals surface area (Å²) in [5.41, 5.74) is 0.884. The lowest BCUT2D eigenvalue weighted by Gasteiger charge is -2.35. The second-order valence-corrected chi connectivity index (χ2v) is 13.4. The number of carbonyl (C=O) groups excluding carboxylic acids is 4. The molecule has 8 heteroatoms. The van der Waals surface area contributed by atoms with E-state index in [4.69, 9.17) is 4.74 Å². The molecule has 0 fully saturated rings. The lowest BCUT2D eigenvalue weighted by Crippen LogP contribution is -2.58. The van der Waals surface area contributed by atoms with Crippen LogP contribution in [0.3, 0.4) is 0 Å². The predicted octanol–water partition coefficient (Wildman–Crippen LogP) is 4.32. The zero-order valence-corrected chi connectivity index (χ0v) is 24.2. The molecule has 1 unspecified atom stereocenters. The van der Waals surface area contributed by atoms with Gasteiger partial charge >= 0.3 is 5.97 Å². The van der Waals surface area contributed by atoms with E-state index in [0.29, 0.717) is 17.5 Å². The molecular weight excluding hydrogens is 470 g/mol. The molecule has 1 heterocycles. The van der Waals surface area contributed by atoms with Gasteiger partial charge in [0.05, 0.1) is 19.2 Å². The Morgan fingerprint density at radius 3 is 2.16 bits per heavy atom. The van der Waals surface area contributed by atoms with E-state index < -0.39 is 17.6 Å². The number of hydrogen-bond donors (Lipinski definition) is 2. The molecule has 1 aliphatic rings. The standard InChI is InChI=1S/C29H45N3O5/c1-18(14-27(2,3)4)23(33)30-22(24(34)31-29(8,9)17-28(5,6)7)16-32-15-20-12-11-19(26(36)37-10)13-21(20)25(32)35/h11-13,18,22H,14-17H2,1-10H3,(H,30,33)(H,31,34)/t18?,22-/m0/s1. The molecule has 0 radical (unpaired) electrons. The second-order valence-electron chi connectivity index (χ2n) is 13.4. The highest BCUT2D eigenvalue weighted by Crippen LogP contribution is 2.28. The second kappa shape index (κ2) is 11.2. The number of amides is 3. The van der Waals surface area contributed by atoms with Gasteiger partial charge in [-0.2, -0.15) is 0 Å². The number of nitrogens with one attached hydrogen (secondary N) is 2. The molecule has 0 aliphatic carbocycles. The zero-order valence-electron chi connectivity index (χ0n) is 24.2. The largest absolute Gasteiger partial charge is 0.465 e. The molecule has 0 aromatic heterocycles. The van der Waals surface area contributed by atoms with Crippen LogP contribution in [0.15, 0.2) is 18.2 Å². The molecule has 206 valence electrons. The number of esters is 1. The molecule has 1 aliphatic heterocycles. The summed E-state index contributed by atoms with van der Waals surface area (Å²) < 4.78 is 4.77. The van der Waals surface area contributed by atoms with Crippen molar-refractivity contribution in [3.8, 4) is 0 Å². The summed E-state index contributed by atoms with van der Waals surface area (Å²) in [5.74, 6) is -1.66. The van der Waals surface area contributed by atoms with Gasteiger partial charge in [-0.1, -0.05) is 54.5 Å². The van der Waals surface area contributed by atoms with Crippen LogP contribution in [0.25, 0.3) is 0 Å². The van der Waals surface area contributed by atoms with E-state index in [0.717, 1.165) is 12.0 Å². The van der Waals surface area contributed by atoms with E-state index in [9.17, 15) is 19.2 Å². The molecule has 37 heavy (non-hydrogen) atoms. The number of carbonyl (C=O) groups is 4. The van der Waals surface area contributed by atoms with Gasteiger partial charge < -0.3 is 20.3 Å². The van der Waals surface area contributed by atoms with E-state index in [1.54, 1.807) is 17.0 Å². The molecule has 2 rings (SSSR count). The van der Waals surface area contributed by atoms with Crippen LogP contribution in [0.5, 0.6) is 0 Å². The first kappa shape index (κ1) is 30.3. The minimum absolute atomic E-state index is 0.0132. The molecule has 1 aromatic rings. The van der Waals surface area contributed by atoms with Crippen LogP contribution in [0.1, 0.15) is 101 Å². The van der Waals surface area contributed by atoms with Gasteiger partial charge in [0, 0.05) is 23.6 Å². The quantitative estimate of drug-likeness (QED) is 0.477. The van der Waals surface area contributed by atoms with E-state index in [1.165, 1.54) is 13.2 Å². The van der Waals surface area contributed by atoms with Gasteiger partial charge in [-0.25, -0.2) is 4.79 Å². The molecule has 0 spiro atoms. The Balaban J connectivity index is 2.27. The number of benzene rings is 1. The van der Waals surface area contributed by atoms with Crippen LogP contribution >= 0.6 is 0 Å². The fourth-order valence-electron chi connectivity index (χ4n) is 5.28. The summed E-state index contributed by atoms with van der Waals surface area (Å²) >= 11 is 0. The molecule has 0 bridgehead atoms. The van der Waals surface area contributed by atoms with Crippen molar-refractivity contribution in [3.63, 3.8) is 0 Å². The van der Waals surface area contributed by atoms with Crippen molar-refractivity contribution in [1.29, 1.82) is 0 Å². The Morgan fingerprint density at radius 1 is 1.00 bits per heavy atom. The summed E-state index contributed by atoms with van der Waals surface area (Å²) in [6, 6.07) is 3.95. The third kappa shape index (κ3) is 8.86. The van der Waals surface area contributed by atoms with E-state index in [1.807, 2.05) is 20.8 Å². The highest BCUT2D eigenvalue weighted by molar-refractivity contribution is 6.01. The van der Waals surface area contributed by atoms with Gasteiger partial charge in [0.1, 0.15) is 6.04 Å². The van der Waals surface area contributed by atoms with Crippen LogP contribution < -0.4 is 10.6 Å². The van der Waals surface area contributed by atoms with Crippen LogP contribution in [-0.2, 0) is 20.9 Å². The third-order valence-corrected chi connectivity index (χ3v) is 6.25. The number of methoxy groups -OCH3 is 1. The zero-order chi connectivity index (χ0) is 28.3. The first-order valence-electron chi connectivity index (χ1n) is 12.9. The average molecular weight is 516 g/mol. The maximum Gasteiger partial charge on any atom is 0.337 e. The van der Waals surface area contributed by atoms with Crippen molar-refractivity contribution in [2.75, 3.05) is 13.7 Å². The van der Waals surface area contributed by atoms with Crippen molar-refractivity contribution in [1.82, 2.24) is 15.5 Å². The van der Waals surface area contributed by atoms with E-state index in [-0.39, 0.29) is 47.6 Å². The molecule has 8 nitrogen and oxygen atoms in total. The van der Waals surface area contributed by atoms with Crippen LogP contribution in [-0.4, -0.2) is 53.8 Å². The Kier molecular flexibility index (Phi) is 9.21. The molecule has 3 amide bonds. The minimum Gasteiger partial charge on any atom is -0.465 e. The molecule has 0 saturated heterocycles. The van der Waals surface area contributed by atoms with Gasteiger partial charge in [-0.05, 0) is 55.2 Å². The van der Waals surface area contributed by atoms with Crippen molar-refractivity contribution in [2.45, 2.75) is 93.3 Å². The summed E-state index contributed by atoms with van der Waals surface area (Å²) in [7, 11) is 1.29. The van der Waals surface area contributed by atoms with Crippen molar-refractivity contribution >= 4 is 23.7 Å². The topological polar surface area (TPSA) is 105 Å². The number of nitrogens with zero attached hydrogens (tertiary/aromatic N) is 1. The smallest absolute Gasteiger partial charge is 0.337 e. The third-order valence-electron chi connectivity index (χ3n) is 6.25. The van der Waals surface area contributed by atoms with Gasteiger partial charge in [-0.3, -0.25) is 14.4 Å². The lowest BCUT2D eigenvalue weighted by atomic mass is 9.81. The SMILES string of the molecule is COC(=O)c1ccc2c(c1)C(=O)N(C[C@H](NC(=O)C(C)CC(C)(C)C)C(=O)NC(C)(C)CC(C)(C)C)C2. The first-order chi connectivity index (χ1) is 16.8. The summed E-state index contributed by atoms with van der Waals surface area (Å²) in [4.78, 5) is 53.3. The molecule has 1 aromatic carbocycles. The van der Waals surface area contributed by atoms with Crippen molar-refractivity contribution in [3.05, 3.63) is 34.9 Å². The Labute approximate surface area is 221 Å². The van der Waals surface area contributed by atoms with E-state index >= 15 is 0 Å². The van der Waals surface area contributed by atoms with Gasteiger partial charge in [0.25, 0.3) is 5.91 Å². The lowest BCUT2D eigenvalue weighted by molar-refractivity contribution is -0.132. The fraction of sp³-hybridized carbons (Fsp3) is 0.655. The first-order valence-corrected chi connectivity index (χ1v) is 12.9. The molecular formula is C29H45N3O5. The Bertz CT molecular complexity index is 1030. The summed E-state index contributed by atoms with van der Waals surface area (Å²) in [6.07, 6.45) is 1.39. The summed E-state index contributed by atoms with van der Waals surface area (Å²) in [5, 5.41) is 6.01. The summed E-state index contributed by atoms with van der Waals surface area (Å²) in [6.45, 7) is 18.6. The van der Waals surface area contributed by atoms with Gasteiger partial charge in [-0.15, -0.1) is 0 Å². The number of ether oxygens (including phenoxy) is 1. The maximum absolute atomic E-state index is 13.5. The minimum atomic E-state index is -0.924. The molecule has 0 saturated carbocycles. The van der Waals surface area contributed by atoms with Crippen LogP contribution in [0.2, 0.25) is 0 Å². The monoisotopic (exact) mass is 515 g/mol. The van der Waals surface area contributed by atoms with Gasteiger partial charge in [0.15, 0.2) is 0 Å². The number of fused-ring (bicyclic) bond motifs is 1. The van der Waals surface area contributed by atoms with Crippen LogP contribution in [0.4, 0.5) is 0 Å². The molecule has 2 atom stereocenters. The highest BCUT2D eigenvalue weighted by atomic mass is 16.5. The average Bonchev–Trinajstić information content (AvgIpc) is 3.03. The number of hydrogen-bond acceptors (Lipinski definition) is 5. The molecule has 2 N–H and O–H groups in total. The predicted molar refractivity (Wildman–Crippen MR) is 144 cm³/mol. The Morgan fingerprint density at radius 2 is 1.62 bits per heavy atom. The number of rotatable bonds is 9. The van der Waals surface area contributed by atoms with Crippen molar-refractivity contribution in [2.24, 2.45) is 16.7 Å². The Hall–Kier alpha value is -2.90. The van der Waals surface area contributed by atoms with E-state index in [2.05, 4.69) is 52.2 Å². The highest BCUT2D eigenvalue weighted by Gasteiger charge is 2.36. The fourth-order valence-corrected chi connectivity index (χ4v) is 5.28. The maximum atomic E-state index is 13.5. The normalized spacial score (nSPS) is 15.6. The van der Waals surface area contributed by atoms with Gasteiger partial charge in [0.2, 0.25) is 11.8 Å². The van der Waals surface area contributed by atoms with Crippen molar-refractivity contribution < 1.29 is 23.9 Å².